The molecule has 12 heteroatoms. The molecule has 1 aromatic heterocycles. The predicted molar refractivity (Wildman–Crippen MR) is 116 cm³/mol. The van der Waals surface area contributed by atoms with Crippen molar-refractivity contribution in [1.82, 2.24) is 25.4 Å². The number of halogens is 5. The van der Waals surface area contributed by atoms with E-state index in [0.717, 1.165) is 19.4 Å². The highest BCUT2D eigenvalue weighted by Gasteiger charge is 2.15. The van der Waals surface area contributed by atoms with Gasteiger partial charge in [0.25, 0.3) is 0 Å². The molecule has 2 aromatic rings. The highest BCUT2D eigenvalue weighted by Crippen LogP contribution is 2.33. The molecule has 0 aliphatic rings. The summed E-state index contributed by atoms with van der Waals surface area (Å²) in [5.41, 5.74) is 0.406. The Morgan fingerprint density at radius 3 is 2.57 bits per heavy atom. The monoisotopic (exact) mass is 548 g/mol. The van der Waals surface area contributed by atoms with Crippen LogP contribution in [0.2, 0.25) is 10.0 Å². The molecule has 0 fully saturated rings. The van der Waals surface area contributed by atoms with E-state index in [4.69, 9.17) is 23.2 Å². The van der Waals surface area contributed by atoms with E-state index in [9.17, 15) is 8.78 Å². The minimum atomic E-state index is -2.98. The maximum Gasteiger partial charge on any atom is 0.387 e. The van der Waals surface area contributed by atoms with Crippen molar-refractivity contribution in [2.45, 2.75) is 32.5 Å². The van der Waals surface area contributed by atoms with Crippen LogP contribution < -0.4 is 15.4 Å². The van der Waals surface area contributed by atoms with E-state index in [1.807, 2.05) is 4.57 Å². The molecule has 0 aliphatic carbocycles. The number of aliphatic imine (C=N–C) groups is 1. The van der Waals surface area contributed by atoms with Gasteiger partial charge in [-0.05, 0) is 25.0 Å². The second-order valence-corrected chi connectivity index (χ2v) is 6.36. The Labute approximate surface area is 188 Å². The molecule has 0 saturated carbocycles. The molecule has 7 nitrogen and oxygen atoms in total. The lowest BCUT2D eigenvalue weighted by Gasteiger charge is -2.16. The Morgan fingerprint density at radius 2 is 1.93 bits per heavy atom. The smallest absolute Gasteiger partial charge is 0.387 e. The number of unbranched alkanes of at least 4 members (excludes halogenated alkanes) is 1. The second kappa shape index (κ2) is 12.9. The summed E-state index contributed by atoms with van der Waals surface area (Å²) in [6.07, 6.45) is 5.19. The number of ether oxygens (including phenoxy) is 1. The molecule has 28 heavy (non-hydrogen) atoms. The Kier molecular flexibility index (Phi) is 11.4. The Bertz CT molecular complexity index is 749. The van der Waals surface area contributed by atoms with Gasteiger partial charge in [0.05, 0.1) is 5.02 Å². The summed E-state index contributed by atoms with van der Waals surface area (Å²) in [5, 5.41) is 14.0. The van der Waals surface area contributed by atoms with Crippen LogP contribution in [0.4, 0.5) is 8.78 Å². The van der Waals surface area contributed by atoms with Gasteiger partial charge in [0, 0.05) is 37.3 Å². The van der Waals surface area contributed by atoms with Crippen LogP contribution in [0.3, 0.4) is 0 Å². The maximum absolute atomic E-state index is 12.6. The molecule has 0 spiro atoms. The van der Waals surface area contributed by atoms with Crippen molar-refractivity contribution in [2.75, 3.05) is 13.6 Å². The van der Waals surface area contributed by atoms with E-state index in [1.54, 1.807) is 19.7 Å². The van der Waals surface area contributed by atoms with Crippen molar-refractivity contribution in [3.63, 3.8) is 0 Å². The van der Waals surface area contributed by atoms with E-state index in [2.05, 4.69) is 30.6 Å². The predicted octanol–water partition coefficient (Wildman–Crippen LogP) is 3.95. The zero-order valence-corrected chi connectivity index (χ0v) is 18.9. The minimum Gasteiger partial charge on any atom is -0.433 e. The van der Waals surface area contributed by atoms with Crippen molar-refractivity contribution in [2.24, 2.45) is 4.99 Å². The molecule has 0 unspecified atom stereocenters. The van der Waals surface area contributed by atoms with Crippen LogP contribution >= 0.6 is 47.2 Å². The third-order valence-electron chi connectivity index (χ3n) is 3.56. The zero-order valence-electron chi connectivity index (χ0n) is 15.0. The van der Waals surface area contributed by atoms with Crippen LogP contribution in [0, 0.1) is 0 Å². The fraction of sp³-hybridized carbons (Fsp3) is 0.438. The summed E-state index contributed by atoms with van der Waals surface area (Å²) in [6, 6.07) is 2.87. The summed E-state index contributed by atoms with van der Waals surface area (Å²) in [6.45, 7) is -1.29. The van der Waals surface area contributed by atoms with Gasteiger partial charge in [0.2, 0.25) is 0 Å². The zero-order chi connectivity index (χ0) is 19.6. The van der Waals surface area contributed by atoms with Gasteiger partial charge in [0.15, 0.2) is 5.96 Å². The number of benzene rings is 1. The van der Waals surface area contributed by atoms with Gasteiger partial charge in [-0.25, -0.2) is 0 Å². The summed E-state index contributed by atoms with van der Waals surface area (Å²) in [5.74, 6) is 0.423. The van der Waals surface area contributed by atoms with Crippen molar-refractivity contribution in [3.8, 4) is 5.75 Å². The SMILES string of the molecule is CN=C(NCCCCn1cnnc1)NCc1cc(Cl)cc(Cl)c1OC(F)F.I. The summed E-state index contributed by atoms with van der Waals surface area (Å²) in [4.78, 5) is 4.10. The number of hydrogen-bond acceptors (Lipinski definition) is 4. The largest absolute Gasteiger partial charge is 0.433 e. The number of alkyl halides is 2. The average molecular weight is 549 g/mol. The van der Waals surface area contributed by atoms with Crippen LogP contribution in [-0.2, 0) is 13.1 Å². The summed E-state index contributed by atoms with van der Waals surface area (Å²) < 4.78 is 31.6. The Balaban J connectivity index is 0.00000392. The quantitative estimate of drug-likeness (QED) is 0.215. The third-order valence-corrected chi connectivity index (χ3v) is 4.06. The first-order chi connectivity index (χ1) is 13.0. The summed E-state index contributed by atoms with van der Waals surface area (Å²) in [7, 11) is 1.62. The van der Waals surface area contributed by atoms with Gasteiger partial charge >= 0.3 is 6.61 Å². The highest BCUT2D eigenvalue weighted by molar-refractivity contribution is 14.0. The first-order valence-electron chi connectivity index (χ1n) is 8.19. The number of aryl methyl sites for hydroxylation is 1. The lowest BCUT2D eigenvalue weighted by Crippen LogP contribution is -2.37. The summed E-state index contributed by atoms with van der Waals surface area (Å²) >= 11 is 11.9. The lowest BCUT2D eigenvalue weighted by molar-refractivity contribution is -0.0504. The van der Waals surface area contributed by atoms with Gasteiger partial charge in [-0.1, -0.05) is 23.2 Å². The molecule has 0 amide bonds. The van der Waals surface area contributed by atoms with Crippen molar-refractivity contribution >= 4 is 53.1 Å². The molecule has 156 valence electrons. The molecule has 1 aromatic carbocycles. The van der Waals surface area contributed by atoms with Gasteiger partial charge < -0.3 is 19.9 Å². The van der Waals surface area contributed by atoms with E-state index in [0.29, 0.717) is 23.1 Å². The average Bonchev–Trinajstić information content (AvgIpc) is 3.13. The van der Waals surface area contributed by atoms with Gasteiger partial charge in [-0.3, -0.25) is 4.99 Å². The first-order valence-corrected chi connectivity index (χ1v) is 8.95. The van der Waals surface area contributed by atoms with Crippen LogP contribution in [0.25, 0.3) is 0 Å². The van der Waals surface area contributed by atoms with Crippen LogP contribution in [0.1, 0.15) is 18.4 Å². The molecule has 1 heterocycles. The molecule has 2 rings (SSSR count). The second-order valence-electron chi connectivity index (χ2n) is 5.51. The van der Waals surface area contributed by atoms with Crippen molar-refractivity contribution < 1.29 is 13.5 Å². The molecule has 0 atom stereocenters. The first kappa shape index (κ1) is 24.6. The number of aromatic nitrogens is 3. The Morgan fingerprint density at radius 1 is 1.21 bits per heavy atom. The molecular weight excluding hydrogens is 528 g/mol. The lowest BCUT2D eigenvalue weighted by atomic mass is 10.2. The normalized spacial score (nSPS) is 11.3. The molecule has 0 radical (unpaired) electrons. The van der Waals surface area contributed by atoms with Crippen molar-refractivity contribution in [1.29, 1.82) is 0 Å². The van der Waals surface area contributed by atoms with Crippen LogP contribution in [-0.4, -0.2) is 40.9 Å². The third kappa shape index (κ3) is 8.31. The fourth-order valence-corrected chi connectivity index (χ4v) is 2.91. The van der Waals surface area contributed by atoms with Crippen molar-refractivity contribution in [3.05, 3.63) is 40.4 Å². The highest BCUT2D eigenvalue weighted by atomic mass is 127. The fourth-order valence-electron chi connectivity index (χ4n) is 2.33. The number of rotatable bonds is 9. The van der Waals surface area contributed by atoms with Crippen LogP contribution in [0.15, 0.2) is 29.8 Å². The van der Waals surface area contributed by atoms with Gasteiger partial charge in [-0.15, -0.1) is 34.2 Å². The standard InChI is InChI=1S/C16H20Cl2F2N6O.HI/c1-21-16(22-4-2-3-5-26-9-24-25-10-26)23-8-11-6-12(17)7-13(18)14(11)27-15(19)20;/h6-7,9-10,15H,2-5,8H2,1H3,(H2,21,22,23);1H. The van der Waals surface area contributed by atoms with Gasteiger partial charge in [-0.2, -0.15) is 8.78 Å². The van der Waals surface area contributed by atoms with E-state index >= 15 is 0 Å². The number of guanidine groups is 1. The van der Waals surface area contributed by atoms with Crippen LogP contribution in [0.5, 0.6) is 5.75 Å². The minimum absolute atomic E-state index is 0. The number of hydrogen-bond donors (Lipinski definition) is 2. The van der Waals surface area contributed by atoms with E-state index in [1.165, 1.54) is 12.1 Å². The number of nitrogens with zero attached hydrogens (tertiary/aromatic N) is 4. The van der Waals surface area contributed by atoms with Gasteiger partial charge in [0.1, 0.15) is 18.4 Å². The maximum atomic E-state index is 12.6. The molecule has 0 aliphatic heterocycles. The van der Waals surface area contributed by atoms with E-state index < -0.39 is 6.61 Å². The number of nitrogens with one attached hydrogen (secondary N) is 2. The molecule has 0 bridgehead atoms. The Hall–Kier alpha value is -1.40. The molecular formula is C16H21Cl2F2IN6O. The molecule has 2 N–H and O–H groups in total. The van der Waals surface area contributed by atoms with E-state index in [-0.39, 0.29) is 41.3 Å². The molecule has 0 saturated heterocycles. The topological polar surface area (TPSA) is 76.4 Å².